The van der Waals surface area contributed by atoms with Gasteiger partial charge in [-0.1, -0.05) is 13.8 Å². The van der Waals surface area contributed by atoms with Crippen molar-refractivity contribution in [2.24, 2.45) is 16.3 Å². The molecule has 1 aliphatic heterocycles. The number of nitrogens with zero attached hydrogens (tertiary/aromatic N) is 1. The molecule has 4 atom stereocenters. The van der Waals surface area contributed by atoms with Gasteiger partial charge in [-0.3, -0.25) is 0 Å². The molecule has 4 unspecified atom stereocenters. The molecule has 1 aromatic heterocycles. The van der Waals surface area contributed by atoms with Gasteiger partial charge in [0, 0.05) is 30.5 Å². The van der Waals surface area contributed by atoms with E-state index in [9.17, 15) is 5.11 Å². The molecule has 2 fully saturated rings. The molecular formula is C19H31N3O3. The van der Waals surface area contributed by atoms with Crippen molar-refractivity contribution in [3.63, 3.8) is 0 Å². The molecule has 0 amide bonds. The molecule has 0 bridgehead atoms. The first-order chi connectivity index (χ1) is 11.9. The number of aliphatic hydroxyl groups is 1. The Morgan fingerprint density at radius 2 is 2.28 bits per heavy atom. The molecule has 0 aromatic carbocycles. The standard InChI is InChI=1S/C19H31N3O3/c1-5-20-17(21-12-19(4,23)14-9-7-10-24-14)22-15-13-8-6-11-25-16(13)18(15,2)3/h7,9-10,13,15-16,23H,5-6,8,11-12H2,1-4H3,(H2,20,21,22). The quantitative estimate of drug-likeness (QED) is 0.561. The first kappa shape index (κ1) is 18.3. The van der Waals surface area contributed by atoms with E-state index >= 15 is 0 Å². The second-order valence-electron chi connectivity index (χ2n) is 7.99. The number of aliphatic imine (C=N–C) groups is 1. The highest BCUT2D eigenvalue weighted by Crippen LogP contribution is 2.51. The van der Waals surface area contributed by atoms with Crippen molar-refractivity contribution < 1.29 is 14.3 Å². The molecule has 2 aliphatic rings. The fourth-order valence-corrected chi connectivity index (χ4v) is 4.18. The third kappa shape index (κ3) is 3.55. The maximum Gasteiger partial charge on any atom is 0.191 e. The minimum atomic E-state index is -1.13. The number of ether oxygens (including phenoxy) is 1. The van der Waals surface area contributed by atoms with Crippen molar-refractivity contribution in [1.29, 1.82) is 0 Å². The molecule has 3 rings (SSSR count). The fraction of sp³-hybridized carbons (Fsp3) is 0.737. The van der Waals surface area contributed by atoms with Crippen LogP contribution in [0.3, 0.4) is 0 Å². The maximum atomic E-state index is 10.6. The summed E-state index contributed by atoms with van der Waals surface area (Å²) in [7, 11) is 0. The highest BCUT2D eigenvalue weighted by atomic mass is 16.5. The van der Waals surface area contributed by atoms with Crippen LogP contribution in [-0.2, 0) is 10.3 Å². The van der Waals surface area contributed by atoms with Crippen LogP contribution in [0.4, 0.5) is 0 Å². The Bertz CT molecular complexity index is 595. The first-order valence-electron chi connectivity index (χ1n) is 9.29. The summed E-state index contributed by atoms with van der Waals surface area (Å²) in [5.41, 5.74) is -1.05. The summed E-state index contributed by atoms with van der Waals surface area (Å²) in [4.78, 5) is 4.61. The van der Waals surface area contributed by atoms with Crippen molar-refractivity contribution in [3.8, 4) is 0 Å². The van der Waals surface area contributed by atoms with Gasteiger partial charge in [-0.15, -0.1) is 0 Å². The minimum absolute atomic E-state index is 0.0742. The average Bonchev–Trinajstić information content (AvgIpc) is 3.13. The fourth-order valence-electron chi connectivity index (χ4n) is 4.18. The van der Waals surface area contributed by atoms with E-state index in [2.05, 4.69) is 29.5 Å². The summed E-state index contributed by atoms with van der Waals surface area (Å²) in [5.74, 6) is 1.78. The van der Waals surface area contributed by atoms with Gasteiger partial charge >= 0.3 is 0 Å². The van der Waals surface area contributed by atoms with Gasteiger partial charge in [0.2, 0.25) is 0 Å². The van der Waals surface area contributed by atoms with E-state index in [0.29, 0.717) is 23.8 Å². The summed E-state index contributed by atoms with van der Waals surface area (Å²) in [6.45, 7) is 10.1. The maximum absolute atomic E-state index is 10.6. The normalized spacial score (nSPS) is 30.8. The van der Waals surface area contributed by atoms with Crippen LogP contribution in [0.25, 0.3) is 0 Å². The Balaban J connectivity index is 1.69. The summed E-state index contributed by atoms with van der Waals surface area (Å²) >= 11 is 0. The van der Waals surface area contributed by atoms with Crippen LogP contribution in [-0.4, -0.2) is 42.9 Å². The van der Waals surface area contributed by atoms with Gasteiger partial charge in [-0.2, -0.15) is 0 Å². The SMILES string of the molecule is CCNC(=NCC(C)(O)c1ccco1)NC1C2CCCOC2C1(C)C. The first-order valence-corrected chi connectivity index (χ1v) is 9.29. The lowest BCUT2D eigenvalue weighted by Gasteiger charge is -2.60. The number of nitrogens with one attached hydrogen (secondary N) is 2. The van der Waals surface area contributed by atoms with Crippen LogP contribution in [0, 0.1) is 11.3 Å². The van der Waals surface area contributed by atoms with Crippen molar-refractivity contribution in [2.45, 2.75) is 58.3 Å². The largest absolute Gasteiger partial charge is 0.466 e. The predicted octanol–water partition coefficient (Wildman–Crippen LogP) is 2.25. The molecule has 6 nitrogen and oxygen atoms in total. The highest BCUT2D eigenvalue weighted by Gasteiger charge is 2.58. The Labute approximate surface area is 150 Å². The predicted molar refractivity (Wildman–Crippen MR) is 97.4 cm³/mol. The van der Waals surface area contributed by atoms with Gasteiger partial charge in [0.1, 0.15) is 11.4 Å². The lowest BCUT2D eigenvalue weighted by molar-refractivity contribution is -0.188. The average molecular weight is 349 g/mol. The van der Waals surface area contributed by atoms with Crippen molar-refractivity contribution in [1.82, 2.24) is 10.6 Å². The van der Waals surface area contributed by atoms with Gasteiger partial charge in [0.05, 0.1) is 18.9 Å². The van der Waals surface area contributed by atoms with Gasteiger partial charge in [0.15, 0.2) is 5.96 Å². The van der Waals surface area contributed by atoms with Gasteiger partial charge in [0.25, 0.3) is 0 Å². The zero-order chi connectivity index (χ0) is 18.1. The van der Waals surface area contributed by atoms with E-state index in [0.717, 1.165) is 25.5 Å². The summed E-state index contributed by atoms with van der Waals surface area (Å²) < 4.78 is 11.3. The zero-order valence-corrected chi connectivity index (χ0v) is 15.7. The minimum Gasteiger partial charge on any atom is -0.466 e. The van der Waals surface area contributed by atoms with Crippen LogP contribution >= 0.6 is 0 Å². The van der Waals surface area contributed by atoms with Crippen LogP contribution < -0.4 is 10.6 Å². The molecule has 0 spiro atoms. The molecule has 1 saturated heterocycles. The molecule has 25 heavy (non-hydrogen) atoms. The smallest absolute Gasteiger partial charge is 0.191 e. The van der Waals surface area contributed by atoms with Gasteiger partial charge in [-0.05, 0) is 38.8 Å². The number of hydrogen-bond acceptors (Lipinski definition) is 4. The van der Waals surface area contributed by atoms with E-state index in [4.69, 9.17) is 9.15 Å². The molecule has 1 aromatic rings. The Morgan fingerprint density at radius 3 is 2.96 bits per heavy atom. The summed E-state index contributed by atoms with van der Waals surface area (Å²) in [6, 6.07) is 3.87. The Kier molecular flexibility index (Phi) is 5.11. The molecule has 0 radical (unpaired) electrons. The van der Waals surface area contributed by atoms with Gasteiger partial charge < -0.3 is 24.9 Å². The van der Waals surface area contributed by atoms with Crippen LogP contribution in [0.1, 0.15) is 46.3 Å². The second kappa shape index (κ2) is 7.00. The molecule has 140 valence electrons. The Hall–Kier alpha value is -1.53. The van der Waals surface area contributed by atoms with Crippen LogP contribution in [0.5, 0.6) is 0 Å². The monoisotopic (exact) mass is 349 g/mol. The Morgan fingerprint density at radius 1 is 1.48 bits per heavy atom. The highest BCUT2D eigenvalue weighted by molar-refractivity contribution is 5.80. The lowest BCUT2D eigenvalue weighted by atomic mass is 9.55. The molecule has 1 aliphatic carbocycles. The van der Waals surface area contributed by atoms with Crippen LogP contribution in [0.2, 0.25) is 0 Å². The van der Waals surface area contributed by atoms with Crippen molar-refractivity contribution in [3.05, 3.63) is 24.2 Å². The molecule has 1 saturated carbocycles. The van der Waals surface area contributed by atoms with Gasteiger partial charge in [-0.25, -0.2) is 4.99 Å². The van der Waals surface area contributed by atoms with E-state index in [-0.39, 0.29) is 12.0 Å². The molecule has 3 N–H and O–H groups in total. The molecular weight excluding hydrogens is 318 g/mol. The number of hydrogen-bond donors (Lipinski definition) is 3. The van der Waals surface area contributed by atoms with Crippen LogP contribution in [0.15, 0.2) is 27.8 Å². The van der Waals surface area contributed by atoms with E-state index < -0.39 is 5.60 Å². The van der Waals surface area contributed by atoms with E-state index in [1.807, 2.05) is 6.92 Å². The number of furan rings is 1. The third-order valence-corrected chi connectivity index (χ3v) is 5.56. The summed E-state index contributed by atoms with van der Waals surface area (Å²) in [6.07, 6.45) is 4.20. The number of guanidine groups is 1. The molecule has 6 heteroatoms. The van der Waals surface area contributed by atoms with E-state index in [1.165, 1.54) is 6.42 Å². The lowest BCUT2D eigenvalue weighted by Crippen LogP contribution is -2.71. The number of fused-ring (bicyclic) bond motifs is 1. The van der Waals surface area contributed by atoms with Crippen molar-refractivity contribution in [2.75, 3.05) is 19.7 Å². The summed E-state index contributed by atoms with van der Waals surface area (Å²) in [5, 5.41) is 17.5. The third-order valence-electron chi connectivity index (χ3n) is 5.56. The zero-order valence-electron chi connectivity index (χ0n) is 15.7. The topological polar surface area (TPSA) is 79.0 Å². The van der Waals surface area contributed by atoms with Crippen molar-refractivity contribution >= 4 is 5.96 Å². The second-order valence-corrected chi connectivity index (χ2v) is 7.99. The number of rotatable bonds is 5. The van der Waals surface area contributed by atoms with E-state index in [1.54, 1.807) is 25.3 Å². The molecule has 2 heterocycles.